The summed E-state index contributed by atoms with van der Waals surface area (Å²) in [6.45, 7) is 5.12. The van der Waals surface area contributed by atoms with Gasteiger partial charge in [-0.25, -0.2) is 4.79 Å². The van der Waals surface area contributed by atoms with E-state index in [0.717, 1.165) is 37.9 Å². The molecule has 0 unspecified atom stereocenters. The van der Waals surface area contributed by atoms with E-state index in [1.807, 2.05) is 37.4 Å². The van der Waals surface area contributed by atoms with Gasteiger partial charge in [-0.3, -0.25) is 0 Å². The molecular formula is C24H38N2O3. The monoisotopic (exact) mass is 402 g/mol. The van der Waals surface area contributed by atoms with E-state index in [1.54, 1.807) is 4.90 Å². The Bertz CT molecular complexity index is 583. The Kier molecular flexibility index (Phi) is 9.29. The molecule has 5 heteroatoms. The average molecular weight is 403 g/mol. The van der Waals surface area contributed by atoms with Crippen LogP contribution in [0.1, 0.15) is 63.4 Å². The zero-order chi connectivity index (χ0) is 20.3. The van der Waals surface area contributed by atoms with Crippen LogP contribution in [0.3, 0.4) is 0 Å². The number of benzene rings is 1. The van der Waals surface area contributed by atoms with Gasteiger partial charge in [-0.2, -0.15) is 0 Å². The van der Waals surface area contributed by atoms with Gasteiger partial charge >= 0.3 is 6.09 Å². The van der Waals surface area contributed by atoms with Gasteiger partial charge in [-0.05, 0) is 70.1 Å². The van der Waals surface area contributed by atoms with E-state index in [-0.39, 0.29) is 12.1 Å². The summed E-state index contributed by atoms with van der Waals surface area (Å²) in [5.41, 5.74) is 1.02. The number of unbranched alkanes of at least 4 members (excludes halogenated alkanes) is 3. The minimum Gasteiger partial charge on any atom is -0.445 e. The first kappa shape index (κ1) is 22.1. The second-order valence-corrected chi connectivity index (χ2v) is 8.56. The molecule has 162 valence electrons. The lowest BCUT2D eigenvalue weighted by atomic mass is 9.92. The van der Waals surface area contributed by atoms with Crippen molar-refractivity contribution in [3.05, 3.63) is 35.9 Å². The molecule has 0 aromatic heterocycles. The predicted octanol–water partition coefficient (Wildman–Crippen LogP) is 4.85. The van der Waals surface area contributed by atoms with Crippen LogP contribution in [0.2, 0.25) is 0 Å². The number of rotatable bonds is 11. The Morgan fingerprint density at radius 1 is 1.03 bits per heavy atom. The average Bonchev–Trinajstić information content (AvgIpc) is 2.73. The van der Waals surface area contributed by atoms with Crippen LogP contribution in [0.25, 0.3) is 0 Å². The number of ether oxygens (including phenoxy) is 2. The highest BCUT2D eigenvalue weighted by atomic mass is 16.6. The van der Waals surface area contributed by atoms with Gasteiger partial charge in [-0.15, -0.1) is 0 Å². The van der Waals surface area contributed by atoms with Gasteiger partial charge in [0.15, 0.2) is 0 Å². The van der Waals surface area contributed by atoms with Crippen LogP contribution in [0, 0.1) is 0 Å². The van der Waals surface area contributed by atoms with Crippen LogP contribution < -0.4 is 0 Å². The fourth-order valence-corrected chi connectivity index (χ4v) is 4.22. The third kappa shape index (κ3) is 7.63. The first-order chi connectivity index (χ1) is 14.2. The second kappa shape index (κ2) is 12.2. The van der Waals surface area contributed by atoms with Gasteiger partial charge in [0.25, 0.3) is 0 Å². The van der Waals surface area contributed by atoms with Crippen molar-refractivity contribution in [3.63, 3.8) is 0 Å². The Balaban J connectivity index is 1.21. The molecule has 1 heterocycles. The number of amides is 1. The third-order valence-electron chi connectivity index (χ3n) is 6.36. The van der Waals surface area contributed by atoms with Crippen molar-refractivity contribution < 1.29 is 14.3 Å². The molecule has 0 N–H and O–H groups in total. The largest absolute Gasteiger partial charge is 0.445 e. The Morgan fingerprint density at radius 3 is 2.45 bits per heavy atom. The molecule has 1 aliphatic heterocycles. The molecule has 0 radical (unpaired) electrons. The molecule has 1 saturated heterocycles. The summed E-state index contributed by atoms with van der Waals surface area (Å²) in [7, 11) is 1.86. The van der Waals surface area contributed by atoms with Crippen molar-refractivity contribution >= 4 is 6.09 Å². The molecule has 1 aliphatic carbocycles. The fraction of sp³-hybridized carbons (Fsp3) is 0.708. The molecule has 29 heavy (non-hydrogen) atoms. The second-order valence-electron chi connectivity index (χ2n) is 8.56. The summed E-state index contributed by atoms with van der Waals surface area (Å²) in [6, 6.07) is 10.1. The first-order valence-electron chi connectivity index (χ1n) is 11.5. The SMILES string of the molecule is CN(C(=O)OCc1ccccc1)C1CCC(OCCCCCCN2CCC2)CC1. The molecule has 1 aromatic rings. The third-order valence-corrected chi connectivity index (χ3v) is 6.36. The van der Waals surface area contributed by atoms with E-state index in [4.69, 9.17) is 9.47 Å². The molecule has 2 fully saturated rings. The minimum absolute atomic E-state index is 0.226. The van der Waals surface area contributed by atoms with Gasteiger partial charge in [0.2, 0.25) is 0 Å². The Hall–Kier alpha value is -1.59. The maximum atomic E-state index is 12.3. The Labute approximate surface area is 176 Å². The topological polar surface area (TPSA) is 42.0 Å². The van der Waals surface area contributed by atoms with Crippen molar-refractivity contribution in [1.82, 2.24) is 9.80 Å². The van der Waals surface area contributed by atoms with Crippen molar-refractivity contribution in [3.8, 4) is 0 Å². The zero-order valence-corrected chi connectivity index (χ0v) is 18.1. The summed E-state index contributed by atoms with van der Waals surface area (Å²) >= 11 is 0. The van der Waals surface area contributed by atoms with Crippen LogP contribution >= 0.6 is 0 Å². The molecule has 0 atom stereocenters. The van der Waals surface area contributed by atoms with E-state index >= 15 is 0 Å². The summed E-state index contributed by atoms with van der Waals surface area (Å²) in [4.78, 5) is 16.6. The quantitative estimate of drug-likeness (QED) is 0.496. The Morgan fingerprint density at radius 2 is 1.76 bits per heavy atom. The highest BCUT2D eigenvalue weighted by molar-refractivity contribution is 5.67. The highest BCUT2D eigenvalue weighted by Gasteiger charge is 2.27. The molecular weight excluding hydrogens is 364 g/mol. The van der Waals surface area contributed by atoms with E-state index < -0.39 is 0 Å². The molecule has 1 amide bonds. The number of carbonyl (C=O) groups is 1. The van der Waals surface area contributed by atoms with Crippen LogP contribution in [0.15, 0.2) is 30.3 Å². The molecule has 5 nitrogen and oxygen atoms in total. The van der Waals surface area contributed by atoms with Gasteiger partial charge < -0.3 is 19.3 Å². The van der Waals surface area contributed by atoms with E-state index in [9.17, 15) is 4.79 Å². The van der Waals surface area contributed by atoms with E-state index in [2.05, 4.69) is 4.90 Å². The van der Waals surface area contributed by atoms with Crippen LogP contribution in [0.5, 0.6) is 0 Å². The van der Waals surface area contributed by atoms with Crippen molar-refractivity contribution in [2.45, 2.75) is 76.5 Å². The number of hydrogen-bond donors (Lipinski definition) is 0. The fourth-order valence-electron chi connectivity index (χ4n) is 4.22. The predicted molar refractivity (Wildman–Crippen MR) is 116 cm³/mol. The van der Waals surface area contributed by atoms with Crippen molar-refractivity contribution in [2.75, 3.05) is 33.3 Å². The minimum atomic E-state index is -0.226. The zero-order valence-electron chi connectivity index (χ0n) is 18.1. The maximum Gasteiger partial charge on any atom is 0.410 e. The normalized spacial score (nSPS) is 22.1. The summed E-state index contributed by atoms with van der Waals surface area (Å²) in [5, 5.41) is 0. The van der Waals surface area contributed by atoms with Crippen LogP contribution in [0.4, 0.5) is 4.79 Å². The van der Waals surface area contributed by atoms with Crippen LogP contribution in [-0.4, -0.2) is 61.3 Å². The number of carbonyl (C=O) groups excluding carboxylic acids is 1. The molecule has 1 saturated carbocycles. The molecule has 2 aliphatic rings. The maximum absolute atomic E-state index is 12.3. The number of nitrogens with zero attached hydrogens (tertiary/aromatic N) is 2. The van der Waals surface area contributed by atoms with Gasteiger partial charge in [0.05, 0.1) is 6.10 Å². The van der Waals surface area contributed by atoms with E-state index in [1.165, 1.54) is 51.7 Å². The van der Waals surface area contributed by atoms with E-state index in [0.29, 0.717) is 12.7 Å². The summed E-state index contributed by atoms with van der Waals surface area (Å²) in [5.74, 6) is 0. The lowest BCUT2D eigenvalue weighted by molar-refractivity contribution is 0.00689. The summed E-state index contributed by atoms with van der Waals surface area (Å²) in [6.07, 6.45) is 10.7. The number of likely N-dealkylation sites (tertiary alicyclic amines) is 1. The van der Waals surface area contributed by atoms with Gasteiger partial charge in [0, 0.05) is 19.7 Å². The van der Waals surface area contributed by atoms with Gasteiger partial charge in [-0.1, -0.05) is 43.2 Å². The smallest absolute Gasteiger partial charge is 0.410 e. The molecule has 1 aromatic carbocycles. The molecule has 0 bridgehead atoms. The molecule has 3 rings (SSSR count). The highest BCUT2D eigenvalue weighted by Crippen LogP contribution is 2.25. The van der Waals surface area contributed by atoms with Crippen molar-refractivity contribution in [2.24, 2.45) is 0 Å². The molecule has 0 spiro atoms. The first-order valence-corrected chi connectivity index (χ1v) is 11.5. The van der Waals surface area contributed by atoms with Gasteiger partial charge in [0.1, 0.15) is 6.61 Å². The lowest BCUT2D eigenvalue weighted by Crippen LogP contribution is -2.41. The lowest BCUT2D eigenvalue weighted by Gasteiger charge is -2.34. The summed E-state index contributed by atoms with van der Waals surface area (Å²) < 4.78 is 11.6. The van der Waals surface area contributed by atoms with Crippen LogP contribution in [-0.2, 0) is 16.1 Å². The number of hydrogen-bond acceptors (Lipinski definition) is 4. The van der Waals surface area contributed by atoms with Crippen molar-refractivity contribution in [1.29, 1.82) is 0 Å². The standard InChI is InChI=1S/C24H38N2O3/c1-25(24(27)29-20-21-10-5-4-6-11-21)22-12-14-23(15-13-22)28-19-8-3-2-7-16-26-17-9-18-26/h4-6,10-11,22-23H,2-3,7-9,12-20H2,1H3.